The van der Waals surface area contributed by atoms with Gasteiger partial charge in [0.05, 0.1) is 0 Å². The third-order valence-corrected chi connectivity index (χ3v) is 0.282. The summed E-state index contributed by atoms with van der Waals surface area (Å²) in [4.78, 5) is 9.29. The van der Waals surface area contributed by atoms with Crippen LogP contribution >= 0.6 is 0 Å². The highest BCUT2D eigenvalue weighted by Gasteiger charge is 1.65. The molecule has 0 bridgehead atoms. The molecule has 0 rings (SSSR count). The van der Waals surface area contributed by atoms with Crippen molar-refractivity contribution in [2.24, 2.45) is 0 Å². The minimum atomic E-state index is 0. The van der Waals surface area contributed by atoms with Crippen LogP contribution in [0.3, 0.4) is 0 Å². The van der Waals surface area contributed by atoms with E-state index < -0.39 is 0 Å². The first kappa shape index (κ1) is 9.51. The molecule has 0 aromatic carbocycles. The van der Waals surface area contributed by atoms with E-state index in [0.29, 0.717) is 13.1 Å². The van der Waals surface area contributed by atoms with Crippen molar-refractivity contribution in [2.45, 2.75) is 0 Å². The van der Waals surface area contributed by atoms with Crippen LogP contribution in [-0.4, -0.2) is 13.1 Å². The summed E-state index contributed by atoms with van der Waals surface area (Å²) in [6.07, 6.45) is 1.51. The SMILES string of the molecule is C=CCOC=O.[C]. The lowest BCUT2D eigenvalue weighted by molar-refractivity contribution is -0.127. The number of rotatable bonds is 3. The quantitative estimate of drug-likeness (QED) is 0.290. The average molecular weight is 98.1 g/mol. The highest BCUT2D eigenvalue weighted by molar-refractivity contribution is 5.37. The smallest absolute Gasteiger partial charge is 0.293 e. The third kappa shape index (κ3) is 11.0. The van der Waals surface area contributed by atoms with E-state index in [0.717, 1.165) is 0 Å². The van der Waals surface area contributed by atoms with E-state index in [9.17, 15) is 4.79 Å². The van der Waals surface area contributed by atoms with Gasteiger partial charge in [0.1, 0.15) is 6.61 Å². The van der Waals surface area contributed by atoms with E-state index in [1.807, 2.05) is 0 Å². The molecule has 0 amide bonds. The highest BCUT2D eigenvalue weighted by Crippen LogP contribution is 1.62. The standard InChI is InChI=1S/C4H6O2.C/c1-2-3-6-4-5;/h2,4H,1,3H2;. The zero-order valence-electron chi connectivity index (χ0n) is 3.89. The van der Waals surface area contributed by atoms with Gasteiger partial charge in [-0.2, -0.15) is 0 Å². The number of hydrogen-bond acceptors (Lipinski definition) is 2. The van der Waals surface area contributed by atoms with Gasteiger partial charge in [0, 0.05) is 7.43 Å². The fraction of sp³-hybridized carbons (Fsp3) is 0.200. The van der Waals surface area contributed by atoms with Crippen LogP contribution in [0.1, 0.15) is 0 Å². The maximum absolute atomic E-state index is 9.29. The second kappa shape index (κ2) is 8.96. The van der Waals surface area contributed by atoms with E-state index in [1.165, 1.54) is 6.08 Å². The Kier molecular flexibility index (Phi) is 12.2. The molecule has 0 aromatic heterocycles. The monoisotopic (exact) mass is 98.0 g/mol. The molecule has 0 aromatic rings. The summed E-state index contributed by atoms with van der Waals surface area (Å²) in [5.41, 5.74) is 0. The van der Waals surface area contributed by atoms with Gasteiger partial charge >= 0.3 is 0 Å². The van der Waals surface area contributed by atoms with E-state index in [-0.39, 0.29) is 7.43 Å². The predicted octanol–water partition coefficient (Wildman–Crippen LogP) is 0.427. The van der Waals surface area contributed by atoms with Crippen LogP contribution in [0.4, 0.5) is 0 Å². The van der Waals surface area contributed by atoms with E-state index in [1.54, 1.807) is 0 Å². The Balaban J connectivity index is 0. The summed E-state index contributed by atoms with van der Waals surface area (Å²) in [7, 11) is 0. The van der Waals surface area contributed by atoms with Crippen LogP contribution in [0.5, 0.6) is 0 Å². The van der Waals surface area contributed by atoms with Crippen LogP contribution in [0.25, 0.3) is 0 Å². The first-order chi connectivity index (χ1) is 2.91. The Labute approximate surface area is 43.8 Å². The number of hydrogen-bond donors (Lipinski definition) is 0. The molecule has 4 radical (unpaired) electrons. The molecule has 0 atom stereocenters. The van der Waals surface area contributed by atoms with Crippen LogP contribution < -0.4 is 0 Å². The molecule has 0 heterocycles. The molecule has 0 aliphatic heterocycles. The first-order valence-electron chi connectivity index (χ1n) is 1.58. The maximum Gasteiger partial charge on any atom is 0.293 e. The van der Waals surface area contributed by atoms with Gasteiger partial charge in [0.15, 0.2) is 0 Å². The van der Waals surface area contributed by atoms with Crippen molar-refractivity contribution in [3.8, 4) is 0 Å². The van der Waals surface area contributed by atoms with Crippen LogP contribution in [0.15, 0.2) is 12.7 Å². The summed E-state index contributed by atoms with van der Waals surface area (Å²) in [6.45, 7) is 4.01. The van der Waals surface area contributed by atoms with E-state index >= 15 is 0 Å². The Bertz CT molecular complexity index is 42.0. The molecule has 2 nitrogen and oxygen atoms in total. The molecule has 0 aliphatic rings. The largest absolute Gasteiger partial charge is 0.464 e. The summed E-state index contributed by atoms with van der Waals surface area (Å²) in [5, 5.41) is 0. The molecule has 0 spiro atoms. The lowest BCUT2D eigenvalue weighted by atomic mass is 10.7. The molecule has 0 N–H and O–H groups in total. The summed E-state index contributed by atoms with van der Waals surface area (Å²) in [6, 6.07) is 0. The second-order valence-corrected chi connectivity index (χ2v) is 0.718. The highest BCUT2D eigenvalue weighted by atomic mass is 16.5. The zero-order valence-corrected chi connectivity index (χ0v) is 3.89. The van der Waals surface area contributed by atoms with Crippen LogP contribution in [0, 0.1) is 7.43 Å². The Morgan fingerprint density at radius 2 is 2.29 bits per heavy atom. The minimum absolute atomic E-state index is 0. The maximum atomic E-state index is 9.29. The van der Waals surface area contributed by atoms with Gasteiger partial charge < -0.3 is 4.74 Å². The summed E-state index contributed by atoms with van der Waals surface area (Å²) in [5.74, 6) is 0. The van der Waals surface area contributed by atoms with Gasteiger partial charge in [-0.05, 0) is 0 Å². The Hall–Kier alpha value is -0.790. The second-order valence-electron chi connectivity index (χ2n) is 0.718. The molecule has 0 saturated carbocycles. The van der Waals surface area contributed by atoms with Crippen molar-refractivity contribution in [3.05, 3.63) is 20.1 Å². The van der Waals surface area contributed by atoms with Gasteiger partial charge in [-0.15, -0.1) is 0 Å². The van der Waals surface area contributed by atoms with Gasteiger partial charge in [0.25, 0.3) is 6.47 Å². The molecular formula is C5H6O2. The molecule has 0 fully saturated rings. The molecule has 0 unspecified atom stereocenters. The predicted molar refractivity (Wildman–Crippen MR) is 25.5 cm³/mol. The zero-order chi connectivity index (χ0) is 4.83. The van der Waals surface area contributed by atoms with E-state index in [2.05, 4.69) is 11.3 Å². The molecule has 38 valence electrons. The molecule has 7 heavy (non-hydrogen) atoms. The number of carbonyl (C=O) groups is 1. The molecule has 0 aliphatic carbocycles. The van der Waals surface area contributed by atoms with Crippen LogP contribution in [0.2, 0.25) is 0 Å². The van der Waals surface area contributed by atoms with Crippen molar-refractivity contribution in [3.63, 3.8) is 0 Å². The van der Waals surface area contributed by atoms with Gasteiger partial charge in [-0.1, -0.05) is 12.7 Å². The van der Waals surface area contributed by atoms with Crippen molar-refractivity contribution in [1.82, 2.24) is 0 Å². The van der Waals surface area contributed by atoms with Crippen molar-refractivity contribution in [2.75, 3.05) is 6.61 Å². The normalized spacial score (nSPS) is 5.71. The topological polar surface area (TPSA) is 26.3 Å². The number of carbonyl (C=O) groups excluding carboxylic acids is 1. The fourth-order valence-corrected chi connectivity index (χ4v) is 0.107. The fourth-order valence-electron chi connectivity index (χ4n) is 0.107. The molecular weight excluding hydrogens is 92.1 g/mol. The Morgan fingerprint density at radius 1 is 1.71 bits per heavy atom. The minimum Gasteiger partial charge on any atom is -0.464 e. The third-order valence-electron chi connectivity index (χ3n) is 0.282. The summed E-state index contributed by atoms with van der Waals surface area (Å²) < 4.78 is 4.18. The van der Waals surface area contributed by atoms with Gasteiger partial charge in [-0.25, -0.2) is 0 Å². The van der Waals surface area contributed by atoms with Gasteiger partial charge in [-0.3, -0.25) is 4.79 Å². The van der Waals surface area contributed by atoms with Crippen molar-refractivity contribution < 1.29 is 9.53 Å². The van der Waals surface area contributed by atoms with E-state index in [4.69, 9.17) is 0 Å². The molecule has 0 saturated heterocycles. The van der Waals surface area contributed by atoms with Crippen molar-refractivity contribution >= 4 is 6.47 Å². The lowest BCUT2D eigenvalue weighted by Gasteiger charge is -1.82. The van der Waals surface area contributed by atoms with Crippen molar-refractivity contribution in [1.29, 1.82) is 0 Å². The first-order valence-corrected chi connectivity index (χ1v) is 1.58. The average Bonchev–Trinajstić information content (AvgIpc) is 1.61. The lowest BCUT2D eigenvalue weighted by Crippen LogP contribution is -1.83. The molecule has 2 heteroatoms. The number of ether oxygens (including phenoxy) is 1. The van der Waals surface area contributed by atoms with Gasteiger partial charge in [0.2, 0.25) is 0 Å². The summed E-state index contributed by atoms with van der Waals surface area (Å²) >= 11 is 0. The van der Waals surface area contributed by atoms with Crippen LogP contribution in [-0.2, 0) is 9.53 Å². The Morgan fingerprint density at radius 3 is 2.43 bits per heavy atom.